The van der Waals surface area contributed by atoms with E-state index in [1.807, 2.05) is 0 Å². The molecule has 1 saturated carbocycles. The number of nitrogens with two attached hydrogens (primary N) is 1. The summed E-state index contributed by atoms with van der Waals surface area (Å²) in [4.78, 5) is 48.6. The van der Waals surface area contributed by atoms with Crippen molar-refractivity contribution in [1.82, 2.24) is 19.5 Å². The van der Waals surface area contributed by atoms with E-state index in [0.717, 1.165) is 38.5 Å². The maximum Gasteiger partial charge on any atom is 0.508 e. The molecule has 50 heavy (non-hydrogen) atoms. The number of aromatic nitrogens is 4. The third-order valence-corrected chi connectivity index (χ3v) is 9.66. The summed E-state index contributed by atoms with van der Waals surface area (Å²) in [5.41, 5.74) is 6.42. The molecule has 2 aromatic rings. The van der Waals surface area contributed by atoms with Gasteiger partial charge in [-0.2, -0.15) is 4.98 Å². The SMILES string of the molecule is C=C1C(COC(=O)OCCCCCCCCCCCC)C(OC(=O)OCCCCCCCCCCCC)CC1n1cnc2c(=O)[nH]c(N)nc21. The van der Waals surface area contributed by atoms with Crippen molar-refractivity contribution in [2.75, 3.05) is 25.6 Å². The Bertz CT molecular complexity index is 1340. The lowest BCUT2D eigenvalue weighted by atomic mass is 10.0. The largest absolute Gasteiger partial charge is 0.508 e. The molecule has 3 unspecified atom stereocenters. The Kier molecular flexibility index (Phi) is 19.4. The quantitative estimate of drug-likeness (QED) is 0.0549. The second kappa shape index (κ2) is 23.8. The summed E-state index contributed by atoms with van der Waals surface area (Å²) < 4.78 is 23.7. The van der Waals surface area contributed by atoms with E-state index in [4.69, 9.17) is 24.7 Å². The van der Waals surface area contributed by atoms with Gasteiger partial charge in [0.2, 0.25) is 5.95 Å². The summed E-state index contributed by atoms with van der Waals surface area (Å²) in [6.45, 7) is 9.20. The molecule has 0 aliphatic heterocycles. The van der Waals surface area contributed by atoms with Crippen LogP contribution in [0.25, 0.3) is 11.2 Å². The molecule has 3 rings (SSSR count). The van der Waals surface area contributed by atoms with Crippen molar-refractivity contribution in [1.29, 1.82) is 0 Å². The molecule has 2 aromatic heterocycles. The van der Waals surface area contributed by atoms with Crippen LogP contribution in [0.3, 0.4) is 0 Å². The van der Waals surface area contributed by atoms with Crippen LogP contribution < -0.4 is 11.3 Å². The first kappa shape index (κ1) is 40.9. The number of hydrogen-bond acceptors (Lipinski definition) is 10. The van der Waals surface area contributed by atoms with Crippen molar-refractivity contribution in [3.05, 3.63) is 28.8 Å². The zero-order valence-corrected chi connectivity index (χ0v) is 30.8. The number of nitrogens with one attached hydrogen (secondary N) is 1. The number of H-pyrrole nitrogens is 1. The standard InChI is InChI=1S/C38H63N5O7/c1-4-6-8-10-12-14-16-18-20-22-24-47-37(45)49-27-30-29(3)31(43-28-40-33-34(43)41-36(39)42-35(33)44)26-32(30)50-38(46)48-25-23-21-19-17-15-13-11-9-7-5-2/h28,30-32H,3-27H2,1-2H3,(H3,39,41,42,44). The highest BCUT2D eigenvalue weighted by Gasteiger charge is 2.43. The number of anilines is 1. The topological polar surface area (TPSA) is 161 Å². The number of aromatic amines is 1. The van der Waals surface area contributed by atoms with Crippen LogP contribution in [-0.2, 0) is 18.9 Å². The summed E-state index contributed by atoms with van der Waals surface area (Å²) in [6, 6.07) is -0.440. The number of carbonyl (C=O) groups is 2. The molecule has 3 N–H and O–H groups in total. The molecular formula is C38H63N5O7. The van der Waals surface area contributed by atoms with Crippen LogP contribution in [0.15, 0.2) is 23.3 Å². The van der Waals surface area contributed by atoms with Gasteiger partial charge in [-0.3, -0.25) is 9.78 Å². The summed E-state index contributed by atoms with van der Waals surface area (Å²) in [5.74, 6) is -0.576. The molecule has 0 radical (unpaired) electrons. The number of hydrogen-bond donors (Lipinski definition) is 2. The lowest BCUT2D eigenvalue weighted by Crippen LogP contribution is -2.28. The summed E-state index contributed by atoms with van der Waals surface area (Å²) in [5, 5.41) is 0. The fraction of sp³-hybridized carbons (Fsp3) is 0.763. The van der Waals surface area contributed by atoms with Crippen molar-refractivity contribution in [2.45, 2.75) is 161 Å². The minimum atomic E-state index is -0.776. The highest BCUT2D eigenvalue weighted by atomic mass is 16.7. The molecule has 12 nitrogen and oxygen atoms in total. The van der Waals surface area contributed by atoms with Crippen molar-refractivity contribution in [3.8, 4) is 0 Å². The van der Waals surface area contributed by atoms with Gasteiger partial charge in [-0.25, -0.2) is 14.6 Å². The predicted molar refractivity (Wildman–Crippen MR) is 196 cm³/mol. The average Bonchev–Trinajstić information content (AvgIpc) is 3.65. The van der Waals surface area contributed by atoms with E-state index in [-0.39, 0.29) is 36.9 Å². The lowest BCUT2D eigenvalue weighted by molar-refractivity contribution is -0.00575. The third-order valence-electron chi connectivity index (χ3n) is 9.66. The van der Waals surface area contributed by atoms with Crippen molar-refractivity contribution >= 4 is 29.4 Å². The van der Waals surface area contributed by atoms with E-state index >= 15 is 0 Å². The Hall–Kier alpha value is -3.57. The van der Waals surface area contributed by atoms with E-state index in [1.54, 1.807) is 4.57 Å². The normalized spacial score (nSPS) is 17.3. The van der Waals surface area contributed by atoms with Gasteiger partial charge in [-0.15, -0.1) is 0 Å². The molecule has 0 amide bonds. The van der Waals surface area contributed by atoms with Crippen LogP contribution in [0.5, 0.6) is 0 Å². The van der Waals surface area contributed by atoms with Gasteiger partial charge in [-0.05, 0) is 18.4 Å². The monoisotopic (exact) mass is 701 g/mol. The van der Waals surface area contributed by atoms with Gasteiger partial charge in [0.05, 0.1) is 31.5 Å². The van der Waals surface area contributed by atoms with Gasteiger partial charge in [0.1, 0.15) is 12.7 Å². The molecule has 0 bridgehead atoms. The minimum Gasteiger partial charge on any atom is -0.434 e. The highest BCUT2D eigenvalue weighted by Crippen LogP contribution is 2.42. The highest BCUT2D eigenvalue weighted by molar-refractivity contribution is 5.71. The van der Waals surface area contributed by atoms with Gasteiger partial charge in [0, 0.05) is 6.42 Å². The molecule has 2 heterocycles. The zero-order chi connectivity index (χ0) is 36.0. The fourth-order valence-corrected chi connectivity index (χ4v) is 6.68. The number of ether oxygens (including phenoxy) is 4. The smallest absolute Gasteiger partial charge is 0.434 e. The Balaban J connectivity index is 1.46. The molecule has 1 fully saturated rings. The number of carbonyl (C=O) groups excluding carboxylic acids is 2. The molecule has 1 aliphatic carbocycles. The summed E-state index contributed by atoms with van der Waals surface area (Å²) in [6.07, 6.45) is 23.2. The minimum absolute atomic E-state index is 0.0405. The molecule has 0 spiro atoms. The number of nitrogens with zero attached hydrogens (tertiary/aromatic N) is 3. The molecular weight excluding hydrogens is 638 g/mol. The van der Waals surface area contributed by atoms with Crippen LogP contribution in [0.1, 0.15) is 155 Å². The molecule has 0 saturated heterocycles. The van der Waals surface area contributed by atoms with E-state index in [0.29, 0.717) is 12.0 Å². The molecule has 1 aliphatic rings. The van der Waals surface area contributed by atoms with Crippen molar-refractivity contribution in [2.24, 2.45) is 5.92 Å². The number of nitrogen functional groups attached to an aromatic ring is 1. The van der Waals surface area contributed by atoms with Gasteiger partial charge < -0.3 is 29.2 Å². The fourth-order valence-electron chi connectivity index (χ4n) is 6.68. The van der Waals surface area contributed by atoms with E-state index in [1.165, 1.54) is 96.2 Å². The second-order valence-electron chi connectivity index (χ2n) is 13.7. The van der Waals surface area contributed by atoms with Gasteiger partial charge >= 0.3 is 12.3 Å². The number of imidazole rings is 1. The molecule has 3 atom stereocenters. The van der Waals surface area contributed by atoms with Crippen molar-refractivity contribution in [3.63, 3.8) is 0 Å². The van der Waals surface area contributed by atoms with Crippen LogP contribution >= 0.6 is 0 Å². The Morgan fingerprint density at radius 1 is 0.800 bits per heavy atom. The van der Waals surface area contributed by atoms with Crippen LogP contribution in [-0.4, -0.2) is 57.8 Å². The van der Waals surface area contributed by atoms with Gasteiger partial charge in [0.25, 0.3) is 5.56 Å². The Labute approximate surface area is 298 Å². The maximum atomic E-state index is 12.8. The number of fused-ring (bicyclic) bond motifs is 1. The van der Waals surface area contributed by atoms with E-state index in [9.17, 15) is 14.4 Å². The molecule has 12 heteroatoms. The third kappa shape index (κ3) is 14.3. The number of unbranched alkanes of at least 4 members (excludes halogenated alkanes) is 18. The van der Waals surface area contributed by atoms with Gasteiger partial charge in [-0.1, -0.05) is 136 Å². The maximum absolute atomic E-state index is 12.8. The Morgan fingerprint density at radius 2 is 1.30 bits per heavy atom. The van der Waals surface area contributed by atoms with Crippen molar-refractivity contribution < 1.29 is 28.5 Å². The first-order valence-corrected chi connectivity index (χ1v) is 19.4. The molecule has 0 aromatic carbocycles. The zero-order valence-electron chi connectivity index (χ0n) is 30.8. The molecule has 282 valence electrons. The summed E-state index contributed by atoms with van der Waals surface area (Å²) >= 11 is 0. The van der Waals surface area contributed by atoms with E-state index < -0.39 is 35.9 Å². The summed E-state index contributed by atoms with van der Waals surface area (Å²) in [7, 11) is 0. The average molecular weight is 702 g/mol. The van der Waals surface area contributed by atoms with Crippen LogP contribution in [0.2, 0.25) is 0 Å². The number of rotatable bonds is 26. The van der Waals surface area contributed by atoms with Crippen LogP contribution in [0, 0.1) is 5.92 Å². The second-order valence-corrected chi connectivity index (χ2v) is 13.7. The van der Waals surface area contributed by atoms with Gasteiger partial charge in [0.15, 0.2) is 11.2 Å². The first-order valence-electron chi connectivity index (χ1n) is 19.4. The first-order chi connectivity index (χ1) is 24.3. The van der Waals surface area contributed by atoms with Crippen LogP contribution in [0.4, 0.5) is 15.5 Å². The lowest BCUT2D eigenvalue weighted by Gasteiger charge is -2.20. The Morgan fingerprint density at radius 3 is 1.84 bits per heavy atom. The van der Waals surface area contributed by atoms with E-state index in [2.05, 4.69) is 35.4 Å². The predicted octanol–water partition coefficient (Wildman–Crippen LogP) is 9.34.